The molecule has 0 spiro atoms. The van der Waals surface area contributed by atoms with Gasteiger partial charge in [0, 0.05) is 31.2 Å². The van der Waals surface area contributed by atoms with Crippen LogP contribution in [0.15, 0.2) is 29.1 Å². The van der Waals surface area contributed by atoms with E-state index >= 15 is 0 Å². The van der Waals surface area contributed by atoms with Crippen LogP contribution in [0.2, 0.25) is 5.02 Å². The quantitative estimate of drug-likeness (QED) is 0.470. The summed E-state index contributed by atoms with van der Waals surface area (Å²) < 4.78 is 21.4. The van der Waals surface area contributed by atoms with Crippen LogP contribution in [0.5, 0.6) is 0 Å². The number of aromatic nitrogens is 4. The SMILES string of the molecule is Cc1cc2c(cc1C(=O)N1CCc3cc(Cl)c(F)cc31)[nH]c(=O)c1nnc(C3CCOCC3)n12. The molecule has 34 heavy (non-hydrogen) atoms. The summed E-state index contributed by atoms with van der Waals surface area (Å²) in [5.41, 5.74) is 3.63. The number of ether oxygens (including phenoxy) is 1. The molecular formula is C24H21ClFN5O3. The number of nitrogens with zero attached hydrogens (tertiary/aromatic N) is 4. The Labute approximate surface area is 198 Å². The van der Waals surface area contributed by atoms with Crippen molar-refractivity contribution in [2.24, 2.45) is 0 Å². The summed E-state index contributed by atoms with van der Waals surface area (Å²) in [5, 5.41) is 8.52. The molecule has 2 aliphatic heterocycles. The number of carbonyl (C=O) groups excluding carboxylic acids is 1. The molecule has 6 rings (SSSR count). The monoisotopic (exact) mass is 481 g/mol. The van der Waals surface area contributed by atoms with E-state index in [2.05, 4.69) is 15.2 Å². The molecular weight excluding hydrogens is 461 g/mol. The lowest BCUT2D eigenvalue weighted by Gasteiger charge is -2.21. The number of amides is 1. The Morgan fingerprint density at radius 2 is 2.00 bits per heavy atom. The highest BCUT2D eigenvalue weighted by Crippen LogP contribution is 2.34. The number of fused-ring (bicyclic) bond motifs is 4. The molecule has 0 bridgehead atoms. The van der Waals surface area contributed by atoms with E-state index in [4.69, 9.17) is 16.3 Å². The van der Waals surface area contributed by atoms with Crippen molar-refractivity contribution >= 4 is 39.9 Å². The normalized spacial score (nSPS) is 16.5. The van der Waals surface area contributed by atoms with Gasteiger partial charge in [-0.15, -0.1) is 10.2 Å². The lowest BCUT2D eigenvalue weighted by atomic mass is 9.99. The van der Waals surface area contributed by atoms with Gasteiger partial charge < -0.3 is 14.6 Å². The first-order chi connectivity index (χ1) is 16.4. The Bertz CT molecular complexity index is 1540. The summed E-state index contributed by atoms with van der Waals surface area (Å²) in [6.45, 7) is 3.56. The van der Waals surface area contributed by atoms with Gasteiger partial charge in [0.2, 0.25) is 5.65 Å². The van der Waals surface area contributed by atoms with Crippen molar-refractivity contribution in [3.63, 3.8) is 0 Å². The van der Waals surface area contributed by atoms with Gasteiger partial charge in [-0.05, 0) is 61.6 Å². The summed E-state index contributed by atoms with van der Waals surface area (Å²) in [6, 6.07) is 6.44. The molecule has 174 valence electrons. The summed E-state index contributed by atoms with van der Waals surface area (Å²) in [7, 11) is 0. The van der Waals surface area contributed by atoms with Crippen LogP contribution in [0.4, 0.5) is 10.1 Å². The molecule has 2 aliphatic rings. The molecule has 0 radical (unpaired) electrons. The zero-order chi connectivity index (χ0) is 23.6. The minimum atomic E-state index is -0.560. The van der Waals surface area contributed by atoms with E-state index in [9.17, 15) is 14.0 Å². The minimum absolute atomic E-state index is 0.0470. The number of carbonyl (C=O) groups is 1. The van der Waals surface area contributed by atoms with Gasteiger partial charge in [0.05, 0.1) is 21.7 Å². The fourth-order valence-electron chi connectivity index (χ4n) is 5.03. The number of halogens is 2. The Hall–Kier alpha value is -3.30. The molecule has 1 N–H and O–H groups in total. The van der Waals surface area contributed by atoms with Gasteiger partial charge in [0.15, 0.2) is 0 Å². The van der Waals surface area contributed by atoms with Crippen LogP contribution in [0.25, 0.3) is 16.7 Å². The minimum Gasteiger partial charge on any atom is -0.381 e. The van der Waals surface area contributed by atoms with E-state index in [-0.39, 0.29) is 28.1 Å². The average Bonchev–Trinajstić information content (AvgIpc) is 3.45. The molecule has 4 heterocycles. The summed E-state index contributed by atoms with van der Waals surface area (Å²) in [4.78, 5) is 30.7. The van der Waals surface area contributed by atoms with Crippen molar-refractivity contribution in [1.29, 1.82) is 0 Å². The van der Waals surface area contributed by atoms with Crippen molar-refractivity contribution in [1.82, 2.24) is 19.6 Å². The summed E-state index contributed by atoms with van der Waals surface area (Å²) in [5.74, 6) is 0.0523. The average molecular weight is 482 g/mol. The van der Waals surface area contributed by atoms with E-state index in [0.717, 1.165) is 35.3 Å². The van der Waals surface area contributed by atoms with E-state index < -0.39 is 5.82 Å². The van der Waals surface area contributed by atoms with E-state index in [1.807, 2.05) is 13.0 Å². The molecule has 0 saturated carbocycles. The van der Waals surface area contributed by atoms with E-state index in [0.29, 0.717) is 42.9 Å². The Kier molecular flexibility index (Phi) is 4.93. The van der Waals surface area contributed by atoms with Crippen molar-refractivity contribution in [3.05, 3.63) is 68.0 Å². The maximum absolute atomic E-state index is 14.1. The summed E-state index contributed by atoms with van der Waals surface area (Å²) >= 11 is 5.92. The molecule has 1 amide bonds. The van der Waals surface area contributed by atoms with Crippen LogP contribution < -0.4 is 10.5 Å². The smallest absolute Gasteiger partial charge is 0.294 e. The van der Waals surface area contributed by atoms with Crippen LogP contribution in [0, 0.1) is 12.7 Å². The number of anilines is 1. The number of aromatic amines is 1. The van der Waals surface area contributed by atoms with E-state index in [1.54, 1.807) is 21.4 Å². The third-order valence-corrected chi connectivity index (χ3v) is 7.09. The first-order valence-electron chi connectivity index (χ1n) is 11.2. The van der Waals surface area contributed by atoms with Gasteiger partial charge in [0.25, 0.3) is 11.5 Å². The summed E-state index contributed by atoms with van der Waals surface area (Å²) in [6.07, 6.45) is 2.21. The zero-order valence-corrected chi connectivity index (χ0v) is 19.2. The Balaban J connectivity index is 1.48. The second-order valence-corrected chi connectivity index (χ2v) is 9.25. The number of hydrogen-bond donors (Lipinski definition) is 1. The van der Waals surface area contributed by atoms with Gasteiger partial charge in [-0.25, -0.2) is 4.39 Å². The maximum Gasteiger partial charge on any atom is 0.294 e. The largest absolute Gasteiger partial charge is 0.381 e. The highest BCUT2D eigenvalue weighted by molar-refractivity contribution is 6.31. The number of H-pyrrole nitrogens is 1. The Morgan fingerprint density at radius 3 is 2.79 bits per heavy atom. The van der Waals surface area contributed by atoms with Crippen molar-refractivity contribution in [2.75, 3.05) is 24.7 Å². The number of benzene rings is 2. The zero-order valence-electron chi connectivity index (χ0n) is 18.4. The molecule has 10 heteroatoms. The molecule has 2 aromatic heterocycles. The van der Waals surface area contributed by atoms with Gasteiger partial charge in [-0.2, -0.15) is 0 Å². The predicted molar refractivity (Wildman–Crippen MR) is 125 cm³/mol. The molecule has 1 saturated heterocycles. The van der Waals surface area contributed by atoms with E-state index in [1.165, 1.54) is 6.07 Å². The third kappa shape index (κ3) is 3.22. The van der Waals surface area contributed by atoms with Gasteiger partial charge in [-0.1, -0.05) is 11.6 Å². The lowest BCUT2D eigenvalue weighted by molar-refractivity contribution is 0.0834. The van der Waals surface area contributed by atoms with Crippen LogP contribution in [-0.2, 0) is 11.2 Å². The highest BCUT2D eigenvalue weighted by atomic mass is 35.5. The van der Waals surface area contributed by atoms with Crippen molar-refractivity contribution in [3.8, 4) is 0 Å². The number of aryl methyl sites for hydroxylation is 1. The number of hydrogen-bond acceptors (Lipinski definition) is 5. The van der Waals surface area contributed by atoms with Crippen molar-refractivity contribution in [2.45, 2.75) is 32.1 Å². The van der Waals surface area contributed by atoms with Crippen molar-refractivity contribution < 1.29 is 13.9 Å². The topological polar surface area (TPSA) is 92.6 Å². The maximum atomic E-state index is 14.1. The molecule has 2 aromatic carbocycles. The molecule has 0 atom stereocenters. The van der Waals surface area contributed by atoms with Crippen LogP contribution in [0.3, 0.4) is 0 Å². The first-order valence-corrected chi connectivity index (χ1v) is 11.6. The fraction of sp³-hybridized carbons (Fsp3) is 0.333. The first kappa shape index (κ1) is 21.2. The second kappa shape index (κ2) is 7.89. The lowest BCUT2D eigenvalue weighted by Crippen LogP contribution is -2.29. The molecule has 1 fully saturated rings. The van der Waals surface area contributed by atoms with Gasteiger partial charge >= 0.3 is 0 Å². The fourth-order valence-corrected chi connectivity index (χ4v) is 5.21. The predicted octanol–water partition coefficient (Wildman–Crippen LogP) is 3.77. The molecule has 4 aromatic rings. The van der Waals surface area contributed by atoms with Crippen LogP contribution in [0.1, 0.15) is 46.1 Å². The molecule has 0 unspecified atom stereocenters. The second-order valence-electron chi connectivity index (χ2n) is 8.84. The van der Waals surface area contributed by atoms with Crippen LogP contribution in [-0.4, -0.2) is 45.2 Å². The number of rotatable bonds is 2. The molecule has 0 aliphatic carbocycles. The standard InChI is InChI=1S/C24H21ClFN5O3/c1-12-8-20-18(27-23(32)22-29-28-21(31(20)22)13-3-6-34-7-4-13)10-15(12)24(33)30-5-2-14-9-16(25)17(26)11-19(14)30/h8-11,13H,2-7H2,1H3,(H,27,32). The van der Waals surface area contributed by atoms with Gasteiger partial charge in [-0.3, -0.25) is 14.0 Å². The molecule has 8 nitrogen and oxygen atoms in total. The highest BCUT2D eigenvalue weighted by Gasteiger charge is 2.29. The third-order valence-electron chi connectivity index (χ3n) is 6.80. The number of nitrogens with one attached hydrogen (secondary N) is 1. The van der Waals surface area contributed by atoms with Gasteiger partial charge in [0.1, 0.15) is 11.6 Å². The van der Waals surface area contributed by atoms with Crippen LogP contribution >= 0.6 is 11.6 Å². The Morgan fingerprint density at radius 1 is 1.21 bits per heavy atom.